The Morgan fingerprint density at radius 2 is 1.32 bits per heavy atom. The molecule has 210 valence electrons. The van der Waals surface area contributed by atoms with E-state index in [9.17, 15) is 9.59 Å². The summed E-state index contributed by atoms with van der Waals surface area (Å²) in [5.41, 5.74) is 2.10. The second-order valence-electron chi connectivity index (χ2n) is 11.8. The average Bonchev–Trinajstić information content (AvgIpc) is 2.96. The van der Waals surface area contributed by atoms with Gasteiger partial charge in [-0.15, -0.1) is 0 Å². The third kappa shape index (κ3) is 6.29. The second-order valence-corrected chi connectivity index (χ2v) is 11.8. The normalized spacial score (nSPS) is 15.2. The fourth-order valence-electron chi connectivity index (χ4n) is 5.80. The molecule has 1 aliphatic heterocycles. The van der Waals surface area contributed by atoms with Crippen molar-refractivity contribution in [2.75, 3.05) is 19.6 Å². The van der Waals surface area contributed by atoms with Crippen LogP contribution in [-0.4, -0.2) is 39.8 Å². The third-order valence-corrected chi connectivity index (χ3v) is 7.90. The topological polar surface area (TPSA) is 56.5 Å². The van der Waals surface area contributed by atoms with E-state index in [0.717, 1.165) is 50.8 Å². The lowest BCUT2D eigenvalue weighted by atomic mass is 10.00. The zero-order valence-electron chi connectivity index (χ0n) is 24.0. The molecule has 0 atom stereocenters. The van der Waals surface area contributed by atoms with Crippen LogP contribution in [0.15, 0.2) is 94.5 Å². The first-order chi connectivity index (χ1) is 19.3. The number of aromatic nitrogens is 2. The van der Waals surface area contributed by atoms with Crippen molar-refractivity contribution in [1.82, 2.24) is 14.0 Å². The Morgan fingerprint density at radius 1 is 0.775 bits per heavy atom. The summed E-state index contributed by atoms with van der Waals surface area (Å²) in [6.45, 7) is 9.35. The molecule has 2 heterocycles. The van der Waals surface area contributed by atoms with Crippen molar-refractivity contribution in [3.8, 4) is 0 Å². The summed E-state index contributed by atoms with van der Waals surface area (Å²) in [5.74, 6) is 0. The summed E-state index contributed by atoms with van der Waals surface area (Å²) >= 11 is 0. The van der Waals surface area contributed by atoms with Crippen molar-refractivity contribution in [3.05, 3.63) is 117 Å². The maximum Gasteiger partial charge on any atom is 0.331 e. The van der Waals surface area contributed by atoms with E-state index in [-0.39, 0.29) is 23.5 Å². The summed E-state index contributed by atoms with van der Waals surface area (Å²) in [6, 6.07) is 28.4. The Kier molecular flexibility index (Phi) is 8.67. The zero-order chi connectivity index (χ0) is 28.1. The minimum absolute atomic E-state index is 0.0524. The van der Waals surface area contributed by atoms with Gasteiger partial charge in [0.25, 0.3) is 5.56 Å². The van der Waals surface area contributed by atoms with Crippen molar-refractivity contribution < 1.29 is 4.74 Å². The number of para-hydroxylation sites is 1. The molecule has 6 heteroatoms. The summed E-state index contributed by atoms with van der Waals surface area (Å²) in [4.78, 5) is 29.0. The van der Waals surface area contributed by atoms with Gasteiger partial charge in [0.15, 0.2) is 0 Å². The van der Waals surface area contributed by atoms with E-state index in [2.05, 4.69) is 53.4 Å². The molecule has 0 saturated carbocycles. The highest BCUT2D eigenvalue weighted by molar-refractivity contribution is 5.77. The van der Waals surface area contributed by atoms with Gasteiger partial charge in [0, 0.05) is 25.2 Å². The molecule has 6 nitrogen and oxygen atoms in total. The van der Waals surface area contributed by atoms with E-state index in [1.807, 2.05) is 57.2 Å². The van der Waals surface area contributed by atoms with E-state index in [1.54, 1.807) is 4.57 Å². The monoisotopic (exact) mass is 539 g/mol. The molecule has 3 aromatic carbocycles. The lowest BCUT2D eigenvalue weighted by Crippen LogP contribution is -2.47. The molecule has 1 fully saturated rings. The molecule has 0 bridgehead atoms. The first-order valence-corrected chi connectivity index (χ1v) is 14.6. The van der Waals surface area contributed by atoms with Crippen molar-refractivity contribution >= 4 is 10.9 Å². The average molecular weight is 540 g/mol. The van der Waals surface area contributed by atoms with Crippen LogP contribution in [0, 0.1) is 0 Å². The molecule has 0 unspecified atom stereocenters. The molecule has 1 aromatic heterocycles. The second kappa shape index (κ2) is 12.4. The summed E-state index contributed by atoms with van der Waals surface area (Å²) < 4.78 is 9.89. The molecule has 5 rings (SSSR count). The molecule has 0 N–H and O–H groups in total. The smallest absolute Gasteiger partial charge is 0.331 e. The predicted molar refractivity (Wildman–Crippen MR) is 162 cm³/mol. The number of piperidine rings is 1. The third-order valence-electron chi connectivity index (χ3n) is 7.90. The van der Waals surface area contributed by atoms with E-state index in [0.29, 0.717) is 11.9 Å². The Morgan fingerprint density at radius 3 is 1.93 bits per heavy atom. The molecule has 0 spiro atoms. The number of hydrogen-bond donors (Lipinski definition) is 0. The molecule has 1 aliphatic rings. The minimum Gasteiger partial charge on any atom is -0.365 e. The first kappa shape index (κ1) is 28.1. The number of nitrogens with zero attached hydrogens (tertiary/aromatic N) is 3. The Labute approximate surface area is 236 Å². The van der Waals surface area contributed by atoms with Gasteiger partial charge >= 0.3 is 5.69 Å². The number of likely N-dealkylation sites (tertiary alicyclic amines) is 1. The van der Waals surface area contributed by atoms with Crippen LogP contribution in [0.25, 0.3) is 10.9 Å². The summed E-state index contributed by atoms with van der Waals surface area (Å²) in [5, 5.41) is 0.600. The first-order valence-electron chi connectivity index (χ1n) is 14.6. The van der Waals surface area contributed by atoms with Gasteiger partial charge in [-0.05, 0) is 76.3 Å². The lowest BCUT2D eigenvalue weighted by molar-refractivity contribution is -0.0271. The Bertz CT molecular complexity index is 1470. The van der Waals surface area contributed by atoms with E-state index >= 15 is 0 Å². The number of fused-ring (bicyclic) bond motifs is 1. The van der Waals surface area contributed by atoms with Gasteiger partial charge in [0.2, 0.25) is 0 Å². The number of hydrogen-bond acceptors (Lipinski definition) is 4. The maximum absolute atomic E-state index is 13.4. The van der Waals surface area contributed by atoms with E-state index < -0.39 is 5.54 Å². The van der Waals surface area contributed by atoms with Crippen LogP contribution in [0.5, 0.6) is 0 Å². The predicted octanol–water partition coefficient (Wildman–Crippen LogP) is 5.97. The van der Waals surface area contributed by atoms with Gasteiger partial charge < -0.3 is 9.64 Å². The highest BCUT2D eigenvalue weighted by Gasteiger charge is 2.25. The number of aryl methyl sites for hydroxylation is 1. The van der Waals surface area contributed by atoms with Gasteiger partial charge in [-0.3, -0.25) is 13.9 Å². The number of ether oxygens (including phenoxy) is 1. The van der Waals surface area contributed by atoms with Gasteiger partial charge in [-0.2, -0.15) is 0 Å². The largest absolute Gasteiger partial charge is 0.365 e. The fraction of sp³-hybridized carbons (Fsp3) is 0.412. The SMILES string of the molecule is CC(C)(C)n1c(=O)c2ccccc2n(CCCCN2CCC(OC(c3ccccc3)c3ccccc3)CC2)c1=O. The van der Waals surface area contributed by atoms with Gasteiger partial charge in [-0.1, -0.05) is 72.8 Å². The molecule has 0 radical (unpaired) electrons. The van der Waals surface area contributed by atoms with Crippen LogP contribution in [-0.2, 0) is 16.8 Å². The van der Waals surface area contributed by atoms with Gasteiger partial charge in [0.05, 0.1) is 17.0 Å². The lowest BCUT2D eigenvalue weighted by Gasteiger charge is -2.34. The van der Waals surface area contributed by atoms with Crippen molar-refractivity contribution in [2.24, 2.45) is 0 Å². The Balaban J connectivity index is 1.17. The minimum atomic E-state index is -0.577. The standard InChI is InChI=1S/C34H41N3O3/c1-34(2,3)37-32(38)29-18-10-11-19-30(29)36(33(37)39)23-13-12-22-35-24-20-28(21-25-35)40-31(26-14-6-4-7-15-26)27-16-8-5-9-17-27/h4-11,14-19,28,31H,12-13,20-25H2,1-3H3. The van der Waals surface area contributed by atoms with Crippen LogP contribution < -0.4 is 11.2 Å². The Hall–Kier alpha value is -3.48. The number of rotatable bonds is 9. The van der Waals surface area contributed by atoms with Crippen LogP contribution in [0.2, 0.25) is 0 Å². The molecule has 4 aromatic rings. The van der Waals surface area contributed by atoms with Crippen molar-refractivity contribution in [2.45, 2.75) is 70.7 Å². The molecule has 0 amide bonds. The number of unbranched alkanes of at least 4 members (excludes halogenated alkanes) is 1. The number of benzene rings is 3. The van der Waals surface area contributed by atoms with Gasteiger partial charge in [-0.25, -0.2) is 4.79 Å². The van der Waals surface area contributed by atoms with Crippen LogP contribution >= 0.6 is 0 Å². The summed E-state index contributed by atoms with van der Waals surface area (Å²) in [6.07, 6.45) is 4.08. The molecular formula is C34H41N3O3. The van der Waals surface area contributed by atoms with Crippen LogP contribution in [0.4, 0.5) is 0 Å². The molecular weight excluding hydrogens is 498 g/mol. The highest BCUT2D eigenvalue weighted by atomic mass is 16.5. The molecule has 1 saturated heterocycles. The summed E-state index contributed by atoms with van der Waals surface area (Å²) in [7, 11) is 0. The molecule has 40 heavy (non-hydrogen) atoms. The van der Waals surface area contributed by atoms with Crippen LogP contribution in [0.3, 0.4) is 0 Å². The van der Waals surface area contributed by atoms with Crippen LogP contribution in [0.1, 0.15) is 63.7 Å². The quantitative estimate of drug-likeness (QED) is 0.246. The fourth-order valence-corrected chi connectivity index (χ4v) is 5.80. The van der Waals surface area contributed by atoms with Gasteiger partial charge in [0.1, 0.15) is 6.10 Å². The molecule has 0 aliphatic carbocycles. The highest BCUT2D eigenvalue weighted by Crippen LogP contribution is 2.30. The van der Waals surface area contributed by atoms with Crippen molar-refractivity contribution in [1.29, 1.82) is 0 Å². The zero-order valence-corrected chi connectivity index (χ0v) is 24.0. The van der Waals surface area contributed by atoms with E-state index in [1.165, 1.54) is 15.7 Å². The van der Waals surface area contributed by atoms with Crippen molar-refractivity contribution in [3.63, 3.8) is 0 Å². The maximum atomic E-state index is 13.4. The van der Waals surface area contributed by atoms with E-state index in [4.69, 9.17) is 4.74 Å².